The molecular formula is C18H21ClN2O2. The van der Waals surface area contributed by atoms with E-state index in [0.29, 0.717) is 10.8 Å². The molecule has 5 heteroatoms. The van der Waals surface area contributed by atoms with Gasteiger partial charge in [-0.05, 0) is 36.6 Å². The van der Waals surface area contributed by atoms with Gasteiger partial charge in [0, 0.05) is 16.8 Å². The third-order valence-electron chi connectivity index (χ3n) is 3.59. The van der Waals surface area contributed by atoms with E-state index in [-0.39, 0.29) is 12.5 Å². The maximum absolute atomic E-state index is 12.2. The Morgan fingerprint density at radius 1 is 1.22 bits per heavy atom. The summed E-state index contributed by atoms with van der Waals surface area (Å²) in [6, 6.07) is 11.4. The second-order valence-corrected chi connectivity index (χ2v) is 5.62. The molecule has 2 N–H and O–H groups in total. The molecule has 0 heterocycles. The quantitative estimate of drug-likeness (QED) is 0.830. The minimum absolute atomic E-state index is 0.111. The van der Waals surface area contributed by atoms with E-state index in [4.69, 9.17) is 16.3 Å². The highest BCUT2D eigenvalue weighted by Crippen LogP contribution is 2.30. The van der Waals surface area contributed by atoms with Crippen molar-refractivity contribution in [3.63, 3.8) is 0 Å². The Hall–Kier alpha value is -2.20. The predicted molar refractivity (Wildman–Crippen MR) is 95.7 cm³/mol. The molecule has 0 atom stereocenters. The molecule has 0 spiro atoms. The van der Waals surface area contributed by atoms with Crippen LogP contribution in [0, 0.1) is 6.92 Å². The normalized spacial score (nSPS) is 10.3. The molecule has 2 rings (SSSR count). The van der Waals surface area contributed by atoms with Crippen molar-refractivity contribution in [2.45, 2.75) is 20.3 Å². The molecule has 0 radical (unpaired) electrons. The van der Waals surface area contributed by atoms with Gasteiger partial charge in [0.2, 0.25) is 5.91 Å². The fourth-order valence-corrected chi connectivity index (χ4v) is 2.44. The second kappa shape index (κ2) is 7.88. The van der Waals surface area contributed by atoms with Crippen molar-refractivity contribution in [1.29, 1.82) is 0 Å². The summed E-state index contributed by atoms with van der Waals surface area (Å²) in [5.74, 6) is 0.503. The minimum Gasteiger partial charge on any atom is -0.495 e. The van der Waals surface area contributed by atoms with Gasteiger partial charge in [0.05, 0.1) is 19.3 Å². The maximum atomic E-state index is 12.2. The third-order valence-corrected chi connectivity index (χ3v) is 4.00. The van der Waals surface area contributed by atoms with Gasteiger partial charge in [-0.2, -0.15) is 0 Å². The van der Waals surface area contributed by atoms with Crippen LogP contribution in [-0.4, -0.2) is 19.6 Å². The molecule has 0 saturated heterocycles. The summed E-state index contributed by atoms with van der Waals surface area (Å²) in [6.45, 7) is 4.12. The molecule has 0 unspecified atom stereocenters. The van der Waals surface area contributed by atoms with Gasteiger partial charge >= 0.3 is 0 Å². The largest absolute Gasteiger partial charge is 0.495 e. The van der Waals surface area contributed by atoms with Crippen LogP contribution in [0.4, 0.5) is 11.4 Å². The average Bonchev–Trinajstić information content (AvgIpc) is 2.56. The number of carbonyl (C=O) groups is 1. The highest BCUT2D eigenvalue weighted by molar-refractivity contribution is 6.31. The monoisotopic (exact) mass is 332 g/mol. The van der Waals surface area contributed by atoms with E-state index in [1.165, 1.54) is 0 Å². The molecular weight excluding hydrogens is 312 g/mol. The zero-order valence-corrected chi connectivity index (χ0v) is 14.3. The number of para-hydroxylation sites is 1. The molecule has 0 aliphatic carbocycles. The summed E-state index contributed by atoms with van der Waals surface area (Å²) < 4.78 is 5.29. The minimum atomic E-state index is -0.111. The summed E-state index contributed by atoms with van der Waals surface area (Å²) in [4.78, 5) is 12.2. The molecule has 4 nitrogen and oxygen atoms in total. The molecule has 0 aliphatic rings. The Kier molecular flexibility index (Phi) is 5.88. The number of halogens is 1. The van der Waals surface area contributed by atoms with E-state index in [0.717, 1.165) is 28.9 Å². The van der Waals surface area contributed by atoms with Gasteiger partial charge in [-0.25, -0.2) is 0 Å². The number of nitrogens with one attached hydrogen (secondary N) is 2. The molecule has 2 aromatic rings. The lowest BCUT2D eigenvalue weighted by Gasteiger charge is -2.14. The summed E-state index contributed by atoms with van der Waals surface area (Å²) in [5.41, 5.74) is 3.63. The van der Waals surface area contributed by atoms with Gasteiger partial charge in [0.1, 0.15) is 5.75 Å². The van der Waals surface area contributed by atoms with Crippen LogP contribution in [0.15, 0.2) is 36.4 Å². The first-order valence-electron chi connectivity index (χ1n) is 7.51. The summed E-state index contributed by atoms with van der Waals surface area (Å²) in [7, 11) is 1.57. The van der Waals surface area contributed by atoms with E-state index in [9.17, 15) is 4.79 Å². The number of benzene rings is 2. The van der Waals surface area contributed by atoms with Crippen molar-refractivity contribution < 1.29 is 9.53 Å². The van der Waals surface area contributed by atoms with E-state index >= 15 is 0 Å². The van der Waals surface area contributed by atoms with Crippen LogP contribution in [0.5, 0.6) is 5.75 Å². The molecule has 0 aromatic heterocycles. The number of anilines is 2. The number of aryl methyl sites for hydroxylation is 2. The SMILES string of the molecule is CCc1ccccc1NC(=O)CNc1cc(C)c(Cl)cc1OC. The van der Waals surface area contributed by atoms with Gasteiger partial charge < -0.3 is 15.4 Å². The third kappa shape index (κ3) is 4.39. The van der Waals surface area contributed by atoms with Crippen molar-refractivity contribution >= 4 is 28.9 Å². The Labute approximate surface area is 141 Å². The maximum Gasteiger partial charge on any atom is 0.243 e. The van der Waals surface area contributed by atoms with Gasteiger partial charge in [0.25, 0.3) is 0 Å². The Balaban J connectivity index is 2.03. The van der Waals surface area contributed by atoms with Crippen molar-refractivity contribution in [1.82, 2.24) is 0 Å². The van der Waals surface area contributed by atoms with Gasteiger partial charge in [-0.3, -0.25) is 4.79 Å². The molecule has 1 amide bonds. The van der Waals surface area contributed by atoms with Crippen LogP contribution in [-0.2, 0) is 11.2 Å². The van der Waals surface area contributed by atoms with Crippen LogP contribution in [0.3, 0.4) is 0 Å². The topological polar surface area (TPSA) is 50.4 Å². The highest BCUT2D eigenvalue weighted by atomic mass is 35.5. The second-order valence-electron chi connectivity index (χ2n) is 5.21. The first-order valence-corrected chi connectivity index (χ1v) is 7.88. The van der Waals surface area contributed by atoms with Crippen molar-refractivity contribution in [2.75, 3.05) is 24.3 Å². The summed E-state index contributed by atoms with van der Waals surface area (Å²) >= 11 is 6.08. The highest BCUT2D eigenvalue weighted by Gasteiger charge is 2.10. The number of amides is 1. The number of rotatable bonds is 6. The van der Waals surface area contributed by atoms with Gasteiger partial charge in [-0.15, -0.1) is 0 Å². The number of methoxy groups -OCH3 is 1. The molecule has 2 aromatic carbocycles. The van der Waals surface area contributed by atoms with E-state index in [1.54, 1.807) is 13.2 Å². The fraction of sp³-hybridized carbons (Fsp3) is 0.278. The van der Waals surface area contributed by atoms with Crippen molar-refractivity contribution in [3.8, 4) is 5.75 Å². The zero-order valence-electron chi connectivity index (χ0n) is 13.6. The van der Waals surface area contributed by atoms with Gasteiger partial charge in [-0.1, -0.05) is 36.7 Å². The average molecular weight is 333 g/mol. The molecule has 0 fully saturated rings. The number of ether oxygens (including phenoxy) is 1. The van der Waals surface area contributed by atoms with E-state index in [1.807, 2.05) is 37.3 Å². The van der Waals surface area contributed by atoms with Gasteiger partial charge in [0.15, 0.2) is 0 Å². The fourth-order valence-electron chi connectivity index (χ4n) is 2.29. The summed E-state index contributed by atoms with van der Waals surface area (Å²) in [5, 5.41) is 6.65. The van der Waals surface area contributed by atoms with Crippen LogP contribution in [0.25, 0.3) is 0 Å². The van der Waals surface area contributed by atoms with E-state index in [2.05, 4.69) is 17.6 Å². The zero-order chi connectivity index (χ0) is 16.8. The molecule has 0 saturated carbocycles. The first-order chi connectivity index (χ1) is 11.0. The van der Waals surface area contributed by atoms with Crippen molar-refractivity contribution in [2.24, 2.45) is 0 Å². The number of hydrogen-bond acceptors (Lipinski definition) is 3. The molecule has 122 valence electrons. The predicted octanol–water partition coefficient (Wildman–Crippen LogP) is 4.27. The van der Waals surface area contributed by atoms with Crippen molar-refractivity contribution in [3.05, 3.63) is 52.5 Å². The molecule has 0 aliphatic heterocycles. The van der Waals surface area contributed by atoms with Crippen LogP contribution in [0.2, 0.25) is 5.02 Å². The summed E-state index contributed by atoms with van der Waals surface area (Å²) in [6.07, 6.45) is 0.869. The molecule has 0 bridgehead atoms. The van der Waals surface area contributed by atoms with E-state index < -0.39 is 0 Å². The lowest BCUT2D eigenvalue weighted by atomic mass is 10.1. The Morgan fingerprint density at radius 3 is 2.65 bits per heavy atom. The van der Waals surface area contributed by atoms with Crippen LogP contribution >= 0.6 is 11.6 Å². The number of carbonyl (C=O) groups excluding carboxylic acids is 1. The standard InChI is InChI=1S/C18H21ClN2O2/c1-4-13-7-5-6-8-15(13)21-18(22)11-20-16-9-12(2)14(19)10-17(16)23-3/h5-10,20H,4,11H2,1-3H3,(H,21,22). The Bertz CT molecular complexity index is 701. The Morgan fingerprint density at radius 2 is 1.96 bits per heavy atom. The molecule has 23 heavy (non-hydrogen) atoms. The smallest absolute Gasteiger partial charge is 0.243 e. The van der Waals surface area contributed by atoms with Crippen LogP contribution in [0.1, 0.15) is 18.1 Å². The number of hydrogen-bond donors (Lipinski definition) is 2. The van der Waals surface area contributed by atoms with Crippen LogP contribution < -0.4 is 15.4 Å². The lowest BCUT2D eigenvalue weighted by molar-refractivity contribution is -0.114. The first kappa shape index (κ1) is 17.2. The lowest BCUT2D eigenvalue weighted by Crippen LogP contribution is -2.22.